The van der Waals surface area contributed by atoms with Crippen LogP contribution in [0.15, 0.2) is 42.0 Å². The summed E-state index contributed by atoms with van der Waals surface area (Å²) in [5.74, 6) is -1.01. The van der Waals surface area contributed by atoms with E-state index >= 15 is 0 Å². The first-order chi connectivity index (χ1) is 9.10. The predicted octanol–water partition coefficient (Wildman–Crippen LogP) is 1.73. The molecule has 1 aliphatic rings. The van der Waals surface area contributed by atoms with Crippen LogP contribution >= 0.6 is 0 Å². The lowest BCUT2D eigenvalue weighted by atomic mass is 9.85. The SMILES string of the molecule is CCOC(=O)C(O)(C1=CCCC1=O)c1ccccc1. The van der Waals surface area contributed by atoms with Crippen LogP contribution in [0.4, 0.5) is 0 Å². The third kappa shape index (κ3) is 2.31. The predicted molar refractivity (Wildman–Crippen MR) is 69.3 cm³/mol. The Hall–Kier alpha value is -1.94. The van der Waals surface area contributed by atoms with Crippen molar-refractivity contribution in [3.05, 3.63) is 47.5 Å². The summed E-state index contributed by atoms with van der Waals surface area (Å²) in [6.45, 7) is 1.81. The molecule has 19 heavy (non-hydrogen) atoms. The molecule has 100 valence electrons. The molecule has 4 heteroatoms. The van der Waals surface area contributed by atoms with Gasteiger partial charge in [0.1, 0.15) is 0 Å². The highest BCUT2D eigenvalue weighted by molar-refractivity contribution is 6.06. The van der Waals surface area contributed by atoms with Crippen molar-refractivity contribution in [3.8, 4) is 0 Å². The molecule has 1 atom stereocenters. The van der Waals surface area contributed by atoms with E-state index in [1.54, 1.807) is 43.3 Å². The summed E-state index contributed by atoms with van der Waals surface area (Å²) in [6, 6.07) is 8.42. The Labute approximate surface area is 111 Å². The zero-order valence-electron chi connectivity index (χ0n) is 10.8. The topological polar surface area (TPSA) is 63.6 Å². The Balaban J connectivity index is 2.50. The summed E-state index contributed by atoms with van der Waals surface area (Å²) in [4.78, 5) is 24.0. The molecule has 0 aliphatic heterocycles. The van der Waals surface area contributed by atoms with Crippen molar-refractivity contribution in [3.63, 3.8) is 0 Å². The van der Waals surface area contributed by atoms with Gasteiger partial charge in [0.25, 0.3) is 0 Å². The highest BCUT2D eigenvalue weighted by Crippen LogP contribution is 2.35. The number of benzene rings is 1. The molecule has 1 unspecified atom stereocenters. The van der Waals surface area contributed by atoms with Gasteiger partial charge in [0, 0.05) is 12.0 Å². The van der Waals surface area contributed by atoms with Gasteiger partial charge in [-0.3, -0.25) is 4.79 Å². The van der Waals surface area contributed by atoms with Gasteiger partial charge in [0.2, 0.25) is 5.60 Å². The number of ether oxygens (including phenoxy) is 1. The zero-order chi connectivity index (χ0) is 13.9. The van der Waals surface area contributed by atoms with Crippen molar-refractivity contribution < 1.29 is 19.4 Å². The minimum absolute atomic E-state index is 0.122. The van der Waals surface area contributed by atoms with E-state index in [4.69, 9.17) is 4.74 Å². The minimum atomic E-state index is -2.00. The van der Waals surface area contributed by atoms with Gasteiger partial charge in [-0.2, -0.15) is 0 Å². The third-order valence-electron chi connectivity index (χ3n) is 3.17. The molecule has 2 rings (SSSR count). The molecule has 0 saturated heterocycles. The molecular formula is C15H16O4. The number of carbonyl (C=O) groups is 2. The number of ketones is 1. The Morgan fingerprint density at radius 3 is 2.58 bits per heavy atom. The van der Waals surface area contributed by atoms with Crippen LogP contribution in [0.3, 0.4) is 0 Å². The second-order valence-corrected chi connectivity index (χ2v) is 4.38. The standard InChI is InChI=1S/C15H16O4/c1-2-19-14(17)15(18,11-7-4-3-5-8-11)12-9-6-10-13(12)16/h3-5,7-9,18H,2,6,10H2,1H3. The van der Waals surface area contributed by atoms with Gasteiger partial charge >= 0.3 is 5.97 Å². The Bertz CT molecular complexity index is 518. The molecular weight excluding hydrogens is 244 g/mol. The van der Waals surface area contributed by atoms with E-state index in [1.807, 2.05) is 0 Å². The van der Waals surface area contributed by atoms with Gasteiger partial charge in [-0.1, -0.05) is 36.4 Å². The molecule has 1 aromatic carbocycles. The lowest BCUT2D eigenvalue weighted by molar-refractivity contribution is -0.163. The number of esters is 1. The van der Waals surface area contributed by atoms with Crippen molar-refractivity contribution >= 4 is 11.8 Å². The molecule has 1 N–H and O–H groups in total. The van der Waals surface area contributed by atoms with Gasteiger partial charge in [-0.15, -0.1) is 0 Å². The maximum Gasteiger partial charge on any atom is 0.347 e. The number of hydrogen-bond acceptors (Lipinski definition) is 4. The van der Waals surface area contributed by atoms with Gasteiger partial charge in [-0.05, 0) is 18.9 Å². The van der Waals surface area contributed by atoms with Crippen molar-refractivity contribution in [2.75, 3.05) is 6.61 Å². The molecule has 0 bridgehead atoms. The molecule has 0 amide bonds. The molecule has 0 saturated carbocycles. The summed E-state index contributed by atoms with van der Waals surface area (Å²) in [5.41, 5.74) is -1.52. The smallest absolute Gasteiger partial charge is 0.347 e. The Morgan fingerprint density at radius 2 is 2.05 bits per heavy atom. The van der Waals surface area contributed by atoms with Crippen LogP contribution in [-0.2, 0) is 19.9 Å². The van der Waals surface area contributed by atoms with Crippen molar-refractivity contribution in [1.82, 2.24) is 0 Å². The second kappa shape index (κ2) is 5.36. The first-order valence-electron chi connectivity index (χ1n) is 6.29. The largest absolute Gasteiger partial charge is 0.463 e. The average Bonchev–Trinajstić information content (AvgIpc) is 2.86. The van der Waals surface area contributed by atoms with Gasteiger partial charge < -0.3 is 9.84 Å². The van der Waals surface area contributed by atoms with Crippen molar-refractivity contribution in [2.45, 2.75) is 25.4 Å². The molecule has 0 radical (unpaired) electrons. The van der Waals surface area contributed by atoms with E-state index in [9.17, 15) is 14.7 Å². The minimum Gasteiger partial charge on any atom is -0.463 e. The first kappa shape index (κ1) is 13.5. The molecule has 4 nitrogen and oxygen atoms in total. The molecule has 0 aromatic heterocycles. The lowest BCUT2D eigenvalue weighted by Gasteiger charge is -2.27. The number of hydrogen-bond donors (Lipinski definition) is 1. The number of allylic oxidation sites excluding steroid dienone is 1. The zero-order valence-corrected chi connectivity index (χ0v) is 10.8. The first-order valence-corrected chi connectivity index (χ1v) is 6.29. The number of aliphatic hydroxyl groups is 1. The van der Waals surface area contributed by atoms with Gasteiger partial charge in [-0.25, -0.2) is 4.79 Å². The quantitative estimate of drug-likeness (QED) is 0.837. The second-order valence-electron chi connectivity index (χ2n) is 4.38. The van der Waals surface area contributed by atoms with Crippen LogP contribution < -0.4 is 0 Å². The highest BCUT2D eigenvalue weighted by atomic mass is 16.5. The summed E-state index contributed by atoms with van der Waals surface area (Å²) in [6.07, 6.45) is 2.48. The van der Waals surface area contributed by atoms with E-state index in [0.29, 0.717) is 18.4 Å². The molecule has 1 aliphatic carbocycles. The fourth-order valence-electron chi connectivity index (χ4n) is 2.24. The Kier molecular flexibility index (Phi) is 3.81. The maximum absolute atomic E-state index is 12.1. The van der Waals surface area contributed by atoms with Crippen LogP contribution in [0.25, 0.3) is 0 Å². The van der Waals surface area contributed by atoms with E-state index < -0.39 is 11.6 Å². The van der Waals surface area contributed by atoms with Gasteiger partial charge in [0.05, 0.1) is 6.61 Å². The van der Waals surface area contributed by atoms with Crippen LogP contribution in [0, 0.1) is 0 Å². The molecule has 0 heterocycles. The lowest BCUT2D eigenvalue weighted by Crippen LogP contribution is -2.41. The summed E-state index contributed by atoms with van der Waals surface area (Å²) < 4.78 is 4.94. The monoisotopic (exact) mass is 260 g/mol. The van der Waals surface area contributed by atoms with E-state index in [1.165, 1.54) is 0 Å². The summed E-state index contributed by atoms with van der Waals surface area (Å²) in [7, 11) is 0. The van der Waals surface area contributed by atoms with Crippen LogP contribution in [-0.4, -0.2) is 23.5 Å². The highest BCUT2D eigenvalue weighted by Gasteiger charge is 2.47. The maximum atomic E-state index is 12.1. The summed E-state index contributed by atoms with van der Waals surface area (Å²) in [5, 5.41) is 10.8. The molecule has 1 aromatic rings. The summed E-state index contributed by atoms with van der Waals surface area (Å²) >= 11 is 0. The van der Waals surface area contributed by atoms with Gasteiger partial charge in [0.15, 0.2) is 5.78 Å². The Morgan fingerprint density at radius 1 is 1.37 bits per heavy atom. The fraction of sp³-hybridized carbons (Fsp3) is 0.333. The van der Waals surface area contributed by atoms with Crippen LogP contribution in [0.1, 0.15) is 25.3 Å². The van der Waals surface area contributed by atoms with Crippen LogP contribution in [0.2, 0.25) is 0 Å². The third-order valence-corrected chi connectivity index (χ3v) is 3.17. The van der Waals surface area contributed by atoms with E-state index in [-0.39, 0.29) is 18.0 Å². The van der Waals surface area contributed by atoms with E-state index in [0.717, 1.165) is 0 Å². The molecule has 0 fully saturated rings. The number of rotatable bonds is 4. The van der Waals surface area contributed by atoms with Crippen molar-refractivity contribution in [2.24, 2.45) is 0 Å². The average molecular weight is 260 g/mol. The number of carbonyl (C=O) groups excluding carboxylic acids is 2. The van der Waals surface area contributed by atoms with Crippen LogP contribution in [0.5, 0.6) is 0 Å². The fourth-order valence-corrected chi connectivity index (χ4v) is 2.24. The van der Waals surface area contributed by atoms with E-state index in [2.05, 4.69) is 0 Å². The van der Waals surface area contributed by atoms with Crippen molar-refractivity contribution in [1.29, 1.82) is 0 Å². The number of Topliss-reactive ketones (excluding diaryl/α,β-unsaturated/α-hetero) is 1. The normalized spacial score (nSPS) is 17.8. The molecule has 0 spiro atoms.